The van der Waals surface area contributed by atoms with Crippen LogP contribution < -0.4 is 10.2 Å². The number of anilines is 2. The van der Waals surface area contributed by atoms with Crippen molar-refractivity contribution < 1.29 is 13.2 Å². The van der Waals surface area contributed by atoms with Gasteiger partial charge in [-0.15, -0.1) is 4.40 Å². The average Bonchev–Trinajstić information content (AvgIpc) is 2.58. The van der Waals surface area contributed by atoms with Gasteiger partial charge in [0.1, 0.15) is 17.8 Å². The van der Waals surface area contributed by atoms with Crippen LogP contribution in [0.3, 0.4) is 0 Å². The minimum atomic E-state index is -3.68. The summed E-state index contributed by atoms with van der Waals surface area (Å²) in [6, 6.07) is 14.1. The second kappa shape index (κ2) is 6.45. The molecule has 0 bridgehead atoms. The molecule has 6 nitrogen and oxygen atoms in total. The van der Waals surface area contributed by atoms with Crippen LogP contribution in [0.1, 0.15) is 12.5 Å². The maximum atomic E-state index is 12.4. The Morgan fingerprint density at radius 1 is 1.12 bits per heavy atom. The molecule has 2 aromatic rings. The predicted molar refractivity (Wildman–Crippen MR) is 93.9 cm³/mol. The molecule has 2 aromatic carbocycles. The zero-order valence-electron chi connectivity index (χ0n) is 13.1. The van der Waals surface area contributed by atoms with E-state index in [-0.39, 0.29) is 17.3 Å². The van der Waals surface area contributed by atoms with Gasteiger partial charge < -0.3 is 10.2 Å². The van der Waals surface area contributed by atoms with Gasteiger partial charge >= 0.3 is 0 Å². The lowest BCUT2D eigenvalue weighted by Crippen LogP contribution is -2.35. The number of benzene rings is 2. The van der Waals surface area contributed by atoms with Crippen LogP contribution in [-0.4, -0.2) is 27.2 Å². The molecule has 0 fully saturated rings. The molecule has 0 aliphatic carbocycles. The van der Waals surface area contributed by atoms with Crippen molar-refractivity contribution >= 4 is 33.6 Å². The second-order valence-corrected chi connectivity index (χ2v) is 6.95. The van der Waals surface area contributed by atoms with Crippen molar-refractivity contribution in [3.05, 3.63) is 54.1 Å². The Morgan fingerprint density at radius 2 is 1.83 bits per heavy atom. The number of carbonyl (C=O) groups is 1. The number of nitrogens with zero attached hydrogens (tertiary/aromatic N) is 2. The van der Waals surface area contributed by atoms with Gasteiger partial charge in [0.05, 0.1) is 5.69 Å². The minimum Gasteiger partial charge on any atom is -0.324 e. The van der Waals surface area contributed by atoms with Crippen molar-refractivity contribution in [2.45, 2.75) is 18.2 Å². The van der Waals surface area contributed by atoms with Crippen LogP contribution in [0.2, 0.25) is 0 Å². The maximum absolute atomic E-state index is 12.4. The Balaban J connectivity index is 1.81. The van der Waals surface area contributed by atoms with E-state index in [1.54, 1.807) is 18.2 Å². The van der Waals surface area contributed by atoms with Gasteiger partial charge in [-0.1, -0.05) is 37.3 Å². The second-order valence-electron chi connectivity index (χ2n) is 5.35. The zero-order valence-corrected chi connectivity index (χ0v) is 14.0. The summed E-state index contributed by atoms with van der Waals surface area (Å²) in [7, 11) is -3.68. The molecule has 1 amide bonds. The molecular formula is C17H17N3O3S. The Hall–Kier alpha value is -2.67. The van der Waals surface area contributed by atoms with Crippen molar-refractivity contribution in [2.75, 3.05) is 16.8 Å². The van der Waals surface area contributed by atoms with Crippen LogP contribution in [0, 0.1) is 0 Å². The maximum Gasteiger partial charge on any atom is 0.285 e. The third-order valence-corrected chi connectivity index (χ3v) is 5.04. The van der Waals surface area contributed by atoms with Gasteiger partial charge in [-0.2, -0.15) is 8.42 Å². The highest BCUT2D eigenvalue weighted by Crippen LogP contribution is 2.29. The summed E-state index contributed by atoms with van der Waals surface area (Å²) >= 11 is 0. The average molecular weight is 343 g/mol. The molecule has 124 valence electrons. The normalized spacial score (nSPS) is 15.0. The first-order chi connectivity index (χ1) is 11.5. The lowest BCUT2D eigenvalue weighted by atomic mass is 10.1. The number of hydrogen-bond donors (Lipinski definition) is 1. The molecule has 24 heavy (non-hydrogen) atoms. The van der Waals surface area contributed by atoms with Crippen molar-refractivity contribution in [3.8, 4) is 0 Å². The number of nitrogens with one attached hydrogen (secondary N) is 1. The first-order valence-corrected chi connectivity index (χ1v) is 8.99. The SMILES string of the molecule is CCc1ccccc1NC(=O)CN1C=NS(=O)(=O)c2ccccc21. The molecule has 3 rings (SSSR count). The standard InChI is InChI=1S/C17H17N3O3S/c1-2-13-7-3-4-8-14(13)19-17(21)11-20-12-18-24(22,23)16-10-6-5-9-15(16)20/h3-10,12H,2,11H2,1H3,(H,19,21). The molecule has 0 spiro atoms. The highest BCUT2D eigenvalue weighted by molar-refractivity contribution is 7.90. The highest BCUT2D eigenvalue weighted by Gasteiger charge is 2.25. The van der Waals surface area contributed by atoms with Crippen molar-refractivity contribution in [3.63, 3.8) is 0 Å². The number of sulfonamides is 1. The van der Waals surface area contributed by atoms with E-state index in [9.17, 15) is 13.2 Å². The van der Waals surface area contributed by atoms with Gasteiger partial charge in [-0.25, -0.2) is 0 Å². The fourth-order valence-electron chi connectivity index (χ4n) is 2.57. The van der Waals surface area contributed by atoms with Crippen LogP contribution in [0.25, 0.3) is 0 Å². The van der Waals surface area contributed by atoms with Gasteiger partial charge in [-0.3, -0.25) is 4.79 Å². The summed E-state index contributed by atoms with van der Waals surface area (Å²) in [6.07, 6.45) is 1.99. The Morgan fingerprint density at radius 3 is 2.62 bits per heavy atom. The van der Waals surface area contributed by atoms with E-state index in [1.807, 2.05) is 31.2 Å². The van der Waals surface area contributed by atoms with E-state index >= 15 is 0 Å². The minimum absolute atomic E-state index is 0.0198. The first kappa shape index (κ1) is 16.2. The summed E-state index contributed by atoms with van der Waals surface area (Å²) in [5, 5.41) is 2.87. The van der Waals surface area contributed by atoms with E-state index in [1.165, 1.54) is 17.3 Å². The monoisotopic (exact) mass is 343 g/mol. The Labute approximate surface area is 140 Å². The molecule has 1 N–H and O–H groups in total. The van der Waals surface area contributed by atoms with Crippen LogP contribution in [-0.2, 0) is 21.2 Å². The fourth-order valence-corrected chi connectivity index (χ4v) is 3.62. The number of rotatable bonds is 4. The molecule has 0 saturated carbocycles. The molecule has 0 radical (unpaired) electrons. The number of carbonyl (C=O) groups excluding carboxylic acids is 1. The van der Waals surface area contributed by atoms with E-state index in [0.29, 0.717) is 5.69 Å². The highest BCUT2D eigenvalue weighted by atomic mass is 32.2. The van der Waals surface area contributed by atoms with Crippen molar-refractivity contribution in [1.29, 1.82) is 0 Å². The third-order valence-electron chi connectivity index (χ3n) is 3.76. The zero-order chi connectivity index (χ0) is 17.2. The summed E-state index contributed by atoms with van der Waals surface area (Å²) in [5.41, 5.74) is 2.26. The van der Waals surface area contributed by atoms with Gasteiger partial charge in [0.15, 0.2) is 0 Å². The lowest BCUT2D eigenvalue weighted by molar-refractivity contribution is -0.114. The van der Waals surface area contributed by atoms with Crippen LogP contribution >= 0.6 is 0 Å². The summed E-state index contributed by atoms with van der Waals surface area (Å²) in [4.78, 5) is 14.0. The Bertz CT molecular complexity index is 907. The largest absolute Gasteiger partial charge is 0.324 e. The molecular weight excluding hydrogens is 326 g/mol. The van der Waals surface area contributed by atoms with E-state index < -0.39 is 10.0 Å². The molecule has 1 aliphatic rings. The van der Waals surface area contributed by atoms with Crippen molar-refractivity contribution in [1.82, 2.24) is 0 Å². The van der Waals surface area contributed by atoms with Gasteiger partial charge in [0.25, 0.3) is 10.0 Å². The third kappa shape index (κ3) is 3.16. The lowest BCUT2D eigenvalue weighted by Gasteiger charge is -2.24. The topological polar surface area (TPSA) is 78.8 Å². The summed E-state index contributed by atoms with van der Waals surface area (Å²) < 4.78 is 27.5. The van der Waals surface area contributed by atoms with Gasteiger partial charge in [-0.05, 0) is 30.2 Å². The van der Waals surface area contributed by atoms with Gasteiger partial charge in [0, 0.05) is 5.69 Å². The molecule has 0 atom stereocenters. The van der Waals surface area contributed by atoms with Gasteiger partial charge in [0.2, 0.25) is 5.91 Å². The first-order valence-electron chi connectivity index (χ1n) is 7.55. The summed E-state index contributed by atoms with van der Waals surface area (Å²) in [5.74, 6) is -0.239. The number of para-hydroxylation sites is 2. The molecule has 1 aliphatic heterocycles. The van der Waals surface area contributed by atoms with Crippen molar-refractivity contribution in [2.24, 2.45) is 4.40 Å². The quantitative estimate of drug-likeness (QED) is 0.925. The number of hydrogen-bond acceptors (Lipinski definition) is 4. The van der Waals surface area contributed by atoms with E-state index in [2.05, 4.69) is 9.71 Å². The van der Waals surface area contributed by atoms with E-state index in [4.69, 9.17) is 0 Å². The number of fused-ring (bicyclic) bond motifs is 1. The van der Waals surface area contributed by atoms with Crippen LogP contribution in [0.15, 0.2) is 57.8 Å². The molecule has 7 heteroatoms. The Kier molecular flexibility index (Phi) is 4.35. The fraction of sp³-hybridized carbons (Fsp3) is 0.176. The molecule has 0 saturated heterocycles. The molecule has 0 unspecified atom stereocenters. The van der Waals surface area contributed by atoms with E-state index in [0.717, 1.165) is 17.7 Å². The van der Waals surface area contributed by atoms with Crippen LogP contribution in [0.4, 0.5) is 11.4 Å². The summed E-state index contributed by atoms with van der Waals surface area (Å²) in [6.45, 7) is 2.00. The van der Waals surface area contributed by atoms with Crippen LogP contribution in [0.5, 0.6) is 0 Å². The molecule has 0 aromatic heterocycles. The number of amides is 1. The number of aryl methyl sites for hydroxylation is 1. The predicted octanol–water partition coefficient (Wildman–Crippen LogP) is 2.42. The molecule has 1 heterocycles. The smallest absolute Gasteiger partial charge is 0.285 e.